The number of hydrogen-bond donors (Lipinski definition) is 1. The number of aromatic nitrogens is 2. The van der Waals surface area contributed by atoms with Gasteiger partial charge in [0.2, 0.25) is 0 Å². The van der Waals surface area contributed by atoms with Crippen LogP contribution in [-0.2, 0) is 13.1 Å². The second kappa shape index (κ2) is 4.37. The van der Waals surface area contributed by atoms with Crippen molar-refractivity contribution in [3.05, 3.63) is 40.6 Å². The maximum Gasteiger partial charge on any atom is 0.127 e. The fourth-order valence-corrected chi connectivity index (χ4v) is 2.51. The van der Waals surface area contributed by atoms with E-state index < -0.39 is 0 Å². The van der Waals surface area contributed by atoms with Crippen LogP contribution >= 0.6 is 11.6 Å². The van der Waals surface area contributed by atoms with Crippen LogP contribution in [0, 0.1) is 12.7 Å². The predicted molar refractivity (Wildman–Crippen MR) is 69.1 cm³/mol. The molecular formula is C13H13ClFN3. The average Bonchev–Trinajstić information content (AvgIpc) is 2.78. The minimum Gasteiger partial charge on any atom is -0.326 e. The lowest BCUT2D eigenvalue weighted by atomic mass is 10.1. The molecule has 0 fully saturated rings. The summed E-state index contributed by atoms with van der Waals surface area (Å²) in [6, 6.07) is 3.15. The number of fused-ring (bicyclic) bond motifs is 1. The third-order valence-corrected chi connectivity index (χ3v) is 3.57. The van der Waals surface area contributed by atoms with E-state index in [0.29, 0.717) is 10.6 Å². The van der Waals surface area contributed by atoms with Gasteiger partial charge in [0.25, 0.3) is 0 Å². The van der Waals surface area contributed by atoms with Gasteiger partial charge < -0.3 is 9.88 Å². The van der Waals surface area contributed by atoms with Crippen LogP contribution in [0.5, 0.6) is 0 Å². The van der Waals surface area contributed by atoms with E-state index in [9.17, 15) is 4.39 Å². The molecule has 94 valence electrons. The molecule has 2 aromatic rings. The molecule has 0 amide bonds. The summed E-state index contributed by atoms with van der Waals surface area (Å²) in [6.45, 7) is 4.27. The van der Waals surface area contributed by atoms with Crippen LogP contribution in [0.4, 0.5) is 4.39 Å². The SMILES string of the molecule is Cc1cc(-c2cnc3n2CCNC3)c(Cl)cc1F. The van der Waals surface area contributed by atoms with E-state index in [1.807, 2.05) is 0 Å². The first-order valence-corrected chi connectivity index (χ1v) is 6.26. The van der Waals surface area contributed by atoms with Crippen molar-refractivity contribution in [3.63, 3.8) is 0 Å². The molecule has 0 saturated carbocycles. The van der Waals surface area contributed by atoms with Gasteiger partial charge in [0, 0.05) is 18.7 Å². The van der Waals surface area contributed by atoms with E-state index >= 15 is 0 Å². The molecule has 0 radical (unpaired) electrons. The Morgan fingerprint density at radius 2 is 2.28 bits per heavy atom. The lowest BCUT2D eigenvalue weighted by Gasteiger charge is -2.18. The van der Waals surface area contributed by atoms with Gasteiger partial charge in [0.1, 0.15) is 11.6 Å². The second-order valence-electron chi connectivity index (χ2n) is 4.47. The van der Waals surface area contributed by atoms with Crippen molar-refractivity contribution in [2.45, 2.75) is 20.0 Å². The van der Waals surface area contributed by atoms with Crippen LogP contribution in [0.3, 0.4) is 0 Å². The van der Waals surface area contributed by atoms with Crippen LogP contribution < -0.4 is 5.32 Å². The third-order valence-electron chi connectivity index (χ3n) is 3.26. The number of hydrogen-bond acceptors (Lipinski definition) is 2. The maximum absolute atomic E-state index is 13.4. The zero-order chi connectivity index (χ0) is 12.7. The highest BCUT2D eigenvalue weighted by Crippen LogP contribution is 2.31. The monoisotopic (exact) mass is 265 g/mol. The zero-order valence-electron chi connectivity index (χ0n) is 10.0. The van der Waals surface area contributed by atoms with Crippen LogP contribution in [0.25, 0.3) is 11.3 Å². The van der Waals surface area contributed by atoms with Gasteiger partial charge >= 0.3 is 0 Å². The molecule has 0 aliphatic carbocycles. The molecular weight excluding hydrogens is 253 g/mol. The van der Waals surface area contributed by atoms with E-state index in [1.54, 1.807) is 19.2 Å². The summed E-state index contributed by atoms with van der Waals surface area (Å²) in [5, 5.41) is 3.69. The minimum atomic E-state index is -0.274. The summed E-state index contributed by atoms with van der Waals surface area (Å²) in [6.07, 6.45) is 1.81. The number of nitrogens with zero attached hydrogens (tertiary/aromatic N) is 2. The molecule has 0 unspecified atom stereocenters. The average molecular weight is 266 g/mol. The lowest BCUT2D eigenvalue weighted by molar-refractivity contribution is 0.508. The van der Waals surface area contributed by atoms with Gasteiger partial charge in [-0.15, -0.1) is 0 Å². The van der Waals surface area contributed by atoms with E-state index in [2.05, 4.69) is 14.9 Å². The van der Waals surface area contributed by atoms with Crippen LogP contribution in [-0.4, -0.2) is 16.1 Å². The Morgan fingerprint density at radius 3 is 3.11 bits per heavy atom. The van der Waals surface area contributed by atoms with Crippen molar-refractivity contribution in [3.8, 4) is 11.3 Å². The van der Waals surface area contributed by atoms with Gasteiger partial charge in [-0.05, 0) is 24.6 Å². The van der Waals surface area contributed by atoms with E-state index in [4.69, 9.17) is 11.6 Å². The number of imidazole rings is 1. The first kappa shape index (κ1) is 11.7. The molecule has 1 aliphatic rings. The largest absolute Gasteiger partial charge is 0.326 e. The summed E-state index contributed by atoms with van der Waals surface area (Å²) in [5.74, 6) is 0.720. The van der Waals surface area contributed by atoms with E-state index in [0.717, 1.165) is 36.7 Å². The topological polar surface area (TPSA) is 29.9 Å². The molecule has 3 nitrogen and oxygen atoms in total. The molecule has 5 heteroatoms. The van der Waals surface area contributed by atoms with Crippen molar-refractivity contribution in [2.24, 2.45) is 0 Å². The Kier molecular flexibility index (Phi) is 2.84. The number of benzene rings is 1. The Hall–Kier alpha value is -1.39. The van der Waals surface area contributed by atoms with Crippen molar-refractivity contribution in [1.82, 2.24) is 14.9 Å². The Labute approximate surface area is 110 Å². The van der Waals surface area contributed by atoms with E-state index in [-0.39, 0.29) is 5.82 Å². The number of halogens is 2. The molecule has 1 aromatic heterocycles. The van der Waals surface area contributed by atoms with Crippen molar-refractivity contribution >= 4 is 11.6 Å². The molecule has 0 spiro atoms. The molecule has 0 saturated heterocycles. The van der Waals surface area contributed by atoms with Gasteiger partial charge in [-0.1, -0.05) is 11.6 Å². The van der Waals surface area contributed by atoms with E-state index in [1.165, 1.54) is 6.07 Å². The smallest absolute Gasteiger partial charge is 0.127 e. The lowest BCUT2D eigenvalue weighted by Crippen LogP contribution is -2.28. The van der Waals surface area contributed by atoms with Gasteiger partial charge in [-0.2, -0.15) is 0 Å². The normalized spacial score (nSPS) is 14.6. The first-order chi connectivity index (χ1) is 8.66. The standard InChI is InChI=1S/C13H13ClFN3/c1-8-4-9(10(14)5-11(8)15)12-6-17-13-7-16-2-3-18(12)13/h4-6,16H,2-3,7H2,1H3. The summed E-state index contributed by atoms with van der Waals surface area (Å²) < 4.78 is 15.6. The zero-order valence-corrected chi connectivity index (χ0v) is 10.8. The fraction of sp³-hybridized carbons (Fsp3) is 0.308. The summed E-state index contributed by atoms with van der Waals surface area (Å²) in [7, 11) is 0. The number of rotatable bonds is 1. The van der Waals surface area contributed by atoms with Gasteiger partial charge in [0.15, 0.2) is 0 Å². The Morgan fingerprint density at radius 1 is 1.44 bits per heavy atom. The highest BCUT2D eigenvalue weighted by Gasteiger charge is 2.17. The molecule has 0 atom stereocenters. The molecule has 1 N–H and O–H groups in total. The Bertz CT molecular complexity index is 607. The maximum atomic E-state index is 13.4. The number of nitrogens with one attached hydrogen (secondary N) is 1. The molecule has 2 heterocycles. The summed E-state index contributed by atoms with van der Waals surface area (Å²) in [4.78, 5) is 4.37. The fourth-order valence-electron chi connectivity index (χ4n) is 2.26. The van der Waals surface area contributed by atoms with Gasteiger partial charge in [-0.25, -0.2) is 9.37 Å². The predicted octanol–water partition coefficient (Wildman–Crippen LogP) is 2.75. The van der Waals surface area contributed by atoms with Crippen molar-refractivity contribution in [1.29, 1.82) is 0 Å². The molecule has 18 heavy (non-hydrogen) atoms. The highest BCUT2D eigenvalue weighted by atomic mass is 35.5. The first-order valence-electron chi connectivity index (χ1n) is 5.88. The molecule has 1 aliphatic heterocycles. The molecule has 1 aromatic carbocycles. The van der Waals surface area contributed by atoms with Crippen LogP contribution in [0.2, 0.25) is 5.02 Å². The van der Waals surface area contributed by atoms with Crippen LogP contribution in [0.1, 0.15) is 11.4 Å². The van der Waals surface area contributed by atoms with Crippen molar-refractivity contribution in [2.75, 3.05) is 6.54 Å². The summed E-state index contributed by atoms with van der Waals surface area (Å²) >= 11 is 6.14. The van der Waals surface area contributed by atoms with Gasteiger partial charge in [0.05, 0.1) is 23.5 Å². The Balaban J connectivity index is 2.15. The molecule has 3 rings (SSSR count). The quantitative estimate of drug-likeness (QED) is 0.859. The highest BCUT2D eigenvalue weighted by molar-refractivity contribution is 6.33. The molecule has 0 bridgehead atoms. The third kappa shape index (κ3) is 1.82. The minimum absolute atomic E-state index is 0.274. The summed E-state index contributed by atoms with van der Waals surface area (Å²) in [5.41, 5.74) is 2.40. The van der Waals surface area contributed by atoms with Crippen molar-refractivity contribution < 1.29 is 4.39 Å². The van der Waals surface area contributed by atoms with Gasteiger partial charge in [-0.3, -0.25) is 0 Å². The second-order valence-corrected chi connectivity index (χ2v) is 4.88. The number of aryl methyl sites for hydroxylation is 1. The van der Waals surface area contributed by atoms with Crippen LogP contribution in [0.15, 0.2) is 18.3 Å².